The van der Waals surface area contributed by atoms with E-state index in [0.29, 0.717) is 25.2 Å². The van der Waals surface area contributed by atoms with Crippen molar-refractivity contribution in [2.75, 3.05) is 18.0 Å². The van der Waals surface area contributed by atoms with E-state index in [0.717, 1.165) is 22.2 Å². The third-order valence-corrected chi connectivity index (χ3v) is 5.89. The zero-order chi connectivity index (χ0) is 22.2. The molecule has 0 amide bonds. The summed E-state index contributed by atoms with van der Waals surface area (Å²) in [6, 6.07) is 15.9. The van der Waals surface area contributed by atoms with Crippen LogP contribution in [0.2, 0.25) is 0 Å². The standard InChI is InChI=1S/C25H21F3N4/c26-17-10-12-32(14-20(17)29)24-9-11-30-22-8-7-15(13-16(22)24)21-5-2-6-23(31-21)25-18(27)3-1-4-19(25)28/h1-9,11,13,17,20H,10,12,14,29H2. The number of halogens is 3. The van der Waals surface area contributed by atoms with Gasteiger partial charge in [-0.05, 0) is 48.9 Å². The lowest BCUT2D eigenvalue weighted by Gasteiger charge is -2.35. The van der Waals surface area contributed by atoms with Crippen LogP contribution in [0, 0.1) is 11.6 Å². The molecule has 4 aromatic rings. The topological polar surface area (TPSA) is 55.0 Å². The first kappa shape index (κ1) is 20.5. The summed E-state index contributed by atoms with van der Waals surface area (Å²) in [4.78, 5) is 11.0. The highest BCUT2D eigenvalue weighted by atomic mass is 19.1. The number of benzene rings is 2. The minimum Gasteiger partial charge on any atom is -0.369 e. The summed E-state index contributed by atoms with van der Waals surface area (Å²) >= 11 is 0. The molecule has 2 aromatic carbocycles. The predicted molar refractivity (Wildman–Crippen MR) is 120 cm³/mol. The van der Waals surface area contributed by atoms with Gasteiger partial charge in [0.2, 0.25) is 0 Å². The fourth-order valence-corrected chi connectivity index (χ4v) is 4.22. The van der Waals surface area contributed by atoms with Crippen LogP contribution < -0.4 is 10.6 Å². The SMILES string of the molecule is NC1CN(c2ccnc3ccc(-c4cccc(-c5c(F)cccc5F)n4)cc23)CCC1F. The van der Waals surface area contributed by atoms with E-state index in [9.17, 15) is 13.2 Å². The molecule has 2 aromatic heterocycles. The summed E-state index contributed by atoms with van der Waals surface area (Å²) in [6.07, 6.45) is 1.10. The third-order valence-electron chi connectivity index (χ3n) is 5.89. The Morgan fingerprint density at radius 3 is 2.47 bits per heavy atom. The minimum absolute atomic E-state index is 0.152. The molecule has 1 aliphatic rings. The van der Waals surface area contributed by atoms with Gasteiger partial charge >= 0.3 is 0 Å². The summed E-state index contributed by atoms with van der Waals surface area (Å²) in [7, 11) is 0. The van der Waals surface area contributed by atoms with Crippen molar-refractivity contribution >= 4 is 16.6 Å². The monoisotopic (exact) mass is 434 g/mol. The zero-order valence-corrected chi connectivity index (χ0v) is 17.2. The molecule has 7 heteroatoms. The molecule has 0 spiro atoms. The van der Waals surface area contributed by atoms with Gasteiger partial charge in [-0.25, -0.2) is 18.2 Å². The lowest BCUT2D eigenvalue weighted by molar-refractivity contribution is 0.245. The van der Waals surface area contributed by atoms with Gasteiger partial charge in [-0.2, -0.15) is 0 Å². The Morgan fingerprint density at radius 2 is 1.69 bits per heavy atom. The molecule has 3 heterocycles. The predicted octanol–water partition coefficient (Wildman–Crippen LogP) is 5.12. The van der Waals surface area contributed by atoms with Crippen LogP contribution in [0.3, 0.4) is 0 Å². The highest BCUT2D eigenvalue weighted by Crippen LogP contribution is 2.32. The third kappa shape index (κ3) is 3.69. The van der Waals surface area contributed by atoms with Gasteiger partial charge < -0.3 is 10.6 Å². The second-order valence-corrected chi connectivity index (χ2v) is 7.98. The largest absolute Gasteiger partial charge is 0.369 e. The van der Waals surface area contributed by atoms with Gasteiger partial charge in [0.1, 0.15) is 17.8 Å². The van der Waals surface area contributed by atoms with E-state index in [1.165, 1.54) is 18.2 Å². The molecule has 2 N–H and O–H groups in total. The maximum atomic E-state index is 14.3. The maximum Gasteiger partial charge on any atom is 0.135 e. The number of alkyl halides is 1. The molecule has 1 saturated heterocycles. The van der Waals surface area contributed by atoms with Crippen molar-refractivity contribution in [2.45, 2.75) is 18.6 Å². The first-order valence-electron chi connectivity index (χ1n) is 10.5. The molecule has 0 bridgehead atoms. The number of piperidine rings is 1. The van der Waals surface area contributed by atoms with E-state index in [2.05, 4.69) is 14.9 Å². The smallest absolute Gasteiger partial charge is 0.135 e. The molecule has 1 aliphatic heterocycles. The highest BCUT2D eigenvalue weighted by Gasteiger charge is 2.27. The van der Waals surface area contributed by atoms with Crippen LogP contribution >= 0.6 is 0 Å². The lowest BCUT2D eigenvalue weighted by Crippen LogP contribution is -2.49. The molecule has 32 heavy (non-hydrogen) atoms. The molecule has 0 aliphatic carbocycles. The first-order chi connectivity index (χ1) is 15.5. The van der Waals surface area contributed by atoms with E-state index in [-0.39, 0.29) is 11.3 Å². The van der Waals surface area contributed by atoms with Crippen LogP contribution in [0.4, 0.5) is 18.9 Å². The molecule has 5 rings (SSSR count). The summed E-state index contributed by atoms with van der Waals surface area (Å²) in [5.74, 6) is -1.32. The van der Waals surface area contributed by atoms with Gasteiger partial charge in [-0.1, -0.05) is 18.2 Å². The number of nitrogens with two attached hydrogens (primary N) is 1. The maximum absolute atomic E-state index is 14.3. The molecular weight excluding hydrogens is 413 g/mol. The van der Waals surface area contributed by atoms with Crippen molar-refractivity contribution in [1.29, 1.82) is 0 Å². The van der Waals surface area contributed by atoms with Crippen LogP contribution in [0.15, 0.2) is 66.9 Å². The van der Waals surface area contributed by atoms with Crippen molar-refractivity contribution in [3.63, 3.8) is 0 Å². The number of hydrogen-bond acceptors (Lipinski definition) is 4. The number of rotatable bonds is 3. The lowest BCUT2D eigenvalue weighted by atomic mass is 10.0. The minimum atomic E-state index is -0.999. The van der Waals surface area contributed by atoms with Crippen molar-refractivity contribution < 1.29 is 13.2 Å². The Hall–Kier alpha value is -3.45. The molecule has 0 saturated carbocycles. The first-order valence-corrected chi connectivity index (χ1v) is 10.5. The van der Waals surface area contributed by atoms with Crippen LogP contribution in [-0.4, -0.2) is 35.3 Å². The van der Waals surface area contributed by atoms with Gasteiger partial charge in [0.25, 0.3) is 0 Å². The molecular formula is C25H21F3N4. The number of aromatic nitrogens is 2. The Morgan fingerprint density at radius 1 is 0.938 bits per heavy atom. The normalized spacial score (nSPS) is 18.8. The Balaban J connectivity index is 1.57. The van der Waals surface area contributed by atoms with Gasteiger partial charge in [-0.3, -0.25) is 4.98 Å². The Bertz CT molecular complexity index is 1270. The number of pyridine rings is 2. The second kappa shape index (κ2) is 8.24. The van der Waals surface area contributed by atoms with Crippen molar-refractivity contribution in [3.05, 3.63) is 78.5 Å². The molecule has 1 fully saturated rings. The number of anilines is 1. The number of fused-ring (bicyclic) bond motifs is 1. The number of hydrogen-bond donors (Lipinski definition) is 1. The van der Waals surface area contributed by atoms with Crippen LogP contribution in [0.1, 0.15) is 6.42 Å². The molecule has 4 nitrogen and oxygen atoms in total. The van der Waals surface area contributed by atoms with E-state index in [1.807, 2.05) is 24.3 Å². The highest BCUT2D eigenvalue weighted by molar-refractivity contribution is 5.94. The van der Waals surface area contributed by atoms with Gasteiger partial charge in [0.15, 0.2) is 0 Å². The quantitative estimate of drug-likeness (QED) is 0.487. The van der Waals surface area contributed by atoms with Crippen molar-refractivity contribution in [2.24, 2.45) is 5.73 Å². The van der Waals surface area contributed by atoms with Crippen LogP contribution in [-0.2, 0) is 0 Å². The van der Waals surface area contributed by atoms with Gasteiger partial charge in [0, 0.05) is 35.9 Å². The van der Waals surface area contributed by atoms with Crippen molar-refractivity contribution in [3.8, 4) is 22.5 Å². The fourth-order valence-electron chi connectivity index (χ4n) is 4.22. The molecule has 162 valence electrons. The number of nitrogens with zero attached hydrogens (tertiary/aromatic N) is 3. The average Bonchev–Trinajstić information content (AvgIpc) is 2.80. The summed E-state index contributed by atoms with van der Waals surface area (Å²) < 4.78 is 42.4. The summed E-state index contributed by atoms with van der Waals surface area (Å²) in [5.41, 5.74) is 9.12. The molecule has 2 unspecified atom stereocenters. The van der Waals surface area contributed by atoms with Crippen LogP contribution in [0.25, 0.3) is 33.4 Å². The van der Waals surface area contributed by atoms with E-state index < -0.39 is 23.8 Å². The second-order valence-electron chi connectivity index (χ2n) is 7.98. The fraction of sp³-hybridized carbons (Fsp3) is 0.200. The summed E-state index contributed by atoms with van der Waals surface area (Å²) in [6.45, 7) is 0.989. The Labute approximate surface area is 183 Å². The molecule has 0 radical (unpaired) electrons. The Kier molecular flexibility index (Phi) is 5.27. The van der Waals surface area contributed by atoms with Gasteiger partial charge in [-0.15, -0.1) is 0 Å². The average molecular weight is 434 g/mol. The van der Waals surface area contributed by atoms with E-state index >= 15 is 0 Å². The molecule has 2 atom stereocenters. The van der Waals surface area contributed by atoms with E-state index in [1.54, 1.807) is 24.4 Å². The van der Waals surface area contributed by atoms with Gasteiger partial charge in [0.05, 0.1) is 28.5 Å². The van der Waals surface area contributed by atoms with Crippen molar-refractivity contribution in [1.82, 2.24) is 9.97 Å². The van der Waals surface area contributed by atoms with Crippen LogP contribution in [0.5, 0.6) is 0 Å². The zero-order valence-electron chi connectivity index (χ0n) is 17.2. The van der Waals surface area contributed by atoms with E-state index in [4.69, 9.17) is 5.73 Å². The summed E-state index contributed by atoms with van der Waals surface area (Å²) in [5, 5.41) is 0.888.